The Hall–Kier alpha value is -0.110. The Morgan fingerprint density at radius 3 is 2.64 bits per heavy atom. The van der Waals surface area contributed by atoms with Crippen LogP contribution in [0, 0.1) is 0 Å². The fourth-order valence-electron chi connectivity index (χ4n) is 1.20. The molecule has 0 saturated heterocycles. The van der Waals surface area contributed by atoms with Crippen molar-refractivity contribution in [3.63, 3.8) is 0 Å². The van der Waals surface area contributed by atoms with E-state index in [1.54, 1.807) is 6.07 Å². The Morgan fingerprint density at radius 1 is 1.29 bits per heavy atom. The minimum Gasteiger partial charge on any atom is -0.373 e. The first-order chi connectivity index (χ1) is 6.66. The molecule has 78 valence electrons. The van der Waals surface area contributed by atoms with Crippen molar-refractivity contribution in [3.05, 3.63) is 28.2 Å². The molecule has 0 aliphatic carbocycles. The molecule has 0 heterocycles. The van der Waals surface area contributed by atoms with Crippen molar-refractivity contribution in [2.45, 2.75) is 6.42 Å². The highest BCUT2D eigenvalue weighted by Gasteiger charge is 2.07. The first-order valence-electron chi connectivity index (χ1n) is 4.38. The van der Waals surface area contributed by atoms with Crippen molar-refractivity contribution < 1.29 is 0 Å². The smallest absolute Gasteiger partial charge is 0.0825 e. The molecule has 1 nitrogen and oxygen atoms in total. The first-order valence-corrected chi connectivity index (χ1v) is 5.67. The molecule has 0 aromatic heterocycles. The number of hydrogen-bond acceptors (Lipinski definition) is 1. The predicted octanol–water partition coefficient (Wildman–Crippen LogP) is 4.06. The summed E-state index contributed by atoms with van der Waals surface area (Å²) in [7, 11) is 1.98. The monoisotopic (exact) mass is 251 g/mol. The Balaban J connectivity index is 2.79. The molecule has 4 heteroatoms. The summed E-state index contributed by atoms with van der Waals surface area (Å²) in [5.74, 6) is 0.655. The molecular formula is C10H12Cl3N. The Labute approximate surface area is 99.6 Å². The van der Waals surface area contributed by atoms with Crippen molar-refractivity contribution in [1.82, 2.24) is 0 Å². The normalized spacial score (nSPS) is 10.3. The maximum Gasteiger partial charge on any atom is 0.0825 e. The van der Waals surface area contributed by atoms with Crippen LogP contribution in [0.4, 0.5) is 5.69 Å². The van der Waals surface area contributed by atoms with Gasteiger partial charge in [0.2, 0.25) is 0 Å². The lowest BCUT2D eigenvalue weighted by Gasteiger charge is -2.20. The zero-order valence-corrected chi connectivity index (χ0v) is 10.2. The van der Waals surface area contributed by atoms with E-state index < -0.39 is 0 Å². The third kappa shape index (κ3) is 2.94. The number of anilines is 1. The third-order valence-corrected chi connectivity index (χ3v) is 3.05. The van der Waals surface area contributed by atoms with Crippen LogP contribution in [0.3, 0.4) is 0 Å². The molecule has 0 amide bonds. The van der Waals surface area contributed by atoms with Crippen molar-refractivity contribution in [2.24, 2.45) is 0 Å². The molecule has 0 saturated carbocycles. The molecule has 0 atom stereocenters. The van der Waals surface area contributed by atoms with Crippen molar-refractivity contribution in [1.29, 1.82) is 0 Å². The van der Waals surface area contributed by atoms with E-state index in [4.69, 9.17) is 34.8 Å². The van der Waals surface area contributed by atoms with E-state index in [2.05, 4.69) is 4.90 Å². The maximum atomic E-state index is 6.06. The molecule has 0 fully saturated rings. The summed E-state index contributed by atoms with van der Waals surface area (Å²) in [5.41, 5.74) is 0.948. The van der Waals surface area contributed by atoms with E-state index in [0.29, 0.717) is 15.9 Å². The topological polar surface area (TPSA) is 3.24 Å². The fourth-order valence-corrected chi connectivity index (χ4v) is 1.76. The van der Waals surface area contributed by atoms with Crippen LogP contribution in [0.1, 0.15) is 6.42 Å². The molecule has 14 heavy (non-hydrogen) atoms. The van der Waals surface area contributed by atoms with E-state index in [0.717, 1.165) is 18.7 Å². The number of halogens is 3. The molecule has 0 N–H and O–H groups in total. The van der Waals surface area contributed by atoms with Gasteiger partial charge in [-0.1, -0.05) is 29.3 Å². The second-order valence-electron chi connectivity index (χ2n) is 3.04. The molecule has 1 aromatic rings. The van der Waals surface area contributed by atoms with Gasteiger partial charge in [0, 0.05) is 19.5 Å². The minimum absolute atomic E-state index is 0.585. The lowest BCUT2D eigenvalue weighted by atomic mass is 10.3. The molecule has 0 spiro atoms. The van der Waals surface area contributed by atoms with E-state index in [-0.39, 0.29) is 0 Å². The van der Waals surface area contributed by atoms with Gasteiger partial charge in [-0.25, -0.2) is 0 Å². The van der Waals surface area contributed by atoms with Crippen LogP contribution in [0.2, 0.25) is 10.0 Å². The Bertz CT molecular complexity index is 301. The van der Waals surface area contributed by atoms with Crippen molar-refractivity contribution in [2.75, 3.05) is 24.4 Å². The van der Waals surface area contributed by atoms with Gasteiger partial charge in [0.05, 0.1) is 15.7 Å². The molecule has 0 aliphatic heterocycles. The van der Waals surface area contributed by atoms with Crippen LogP contribution in [-0.2, 0) is 0 Å². The molecular weight excluding hydrogens is 240 g/mol. The highest BCUT2D eigenvalue weighted by Crippen LogP contribution is 2.31. The third-order valence-electron chi connectivity index (χ3n) is 1.97. The van der Waals surface area contributed by atoms with Gasteiger partial charge in [0.1, 0.15) is 0 Å². The van der Waals surface area contributed by atoms with Crippen molar-refractivity contribution in [3.8, 4) is 0 Å². The van der Waals surface area contributed by atoms with Gasteiger partial charge < -0.3 is 4.90 Å². The first kappa shape index (κ1) is 12.0. The summed E-state index contributed by atoms with van der Waals surface area (Å²) in [6.07, 6.45) is 0.931. The van der Waals surface area contributed by atoms with Crippen LogP contribution in [0.15, 0.2) is 18.2 Å². The van der Waals surface area contributed by atoms with Crippen molar-refractivity contribution >= 4 is 40.5 Å². The quantitative estimate of drug-likeness (QED) is 0.731. The number of benzene rings is 1. The van der Waals surface area contributed by atoms with Crippen LogP contribution >= 0.6 is 34.8 Å². The second-order valence-corrected chi connectivity index (χ2v) is 4.20. The summed E-state index contributed by atoms with van der Waals surface area (Å²) in [6.45, 7) is 0.879. The van der Waals surface area contributed by atoms with Gasteiger partial charge in [-0.15, -0.1) is 11.6 Å². The van der Waals surface area contributed by atoms with Gasteiger partial charge in [-0.3, -0.25) is 0 Å². The average molecular weight is 253 g/mol. The number of hydrogen-bond donors (Lipinski definition) is 0. The summed E-state index contributed by atoms with van der Waals surface area (Å²) in [4.78, 5) is 2.05. The molecule has 0 radical (unpaired) electrons. The zero-order valence-electron chi connectivity index (χ0n) is 7.93. The molecule has 0 aliphatic rings. The standard InChI is InChI=1S/C10H12Cl3N/c1-14(7-3-6-11)9-5-2-4-8(12)10(9)13/h2,4-5H,3,6-7H2,1H3. The molecule has 0 unspecified atom stereocenters. The number of nitrogens with zero attached hydrogens (tertiary/aromatic N) is 1. The Morgan fingerprint density at radius 2 is 2.00 bits per heavy atom. The summed E-state index contributed by atoms with van der Waals surface area (Å²) in [6, 6.07) is 5.62. The van der Waals surface area contributed by atoms with E-state index in [9.17, 15) is 0 Å². The van der Waals surface area contributed by atoms with Gasteiger partial charge in [-0.05, 0) is 18.6 Å². The highest BCUT2D eigenvalue weighted by molar-refractivity contribution is 6.43. The molecule has 0 bridgehead atoms. The van der Waals surface area contributed by atoms with Crippen LogP contribution in [0.5, 0.6) is 0 Å². The fraction of sp³-hybridized carbons (Fsp3) is 0.400. The average Bonchev–Trinajstić information content (AvgIpc) is 2.18. The largest absolute Gasteiger partial charge is 0.373 e. The lowest BCUT2D eigenvalue weighted by molar-refractivity contribution is 0.857. The zero-order chi connectivity index (χ0) is 10.6. The minimum atomic E-state index is 0.585. The molecule has 1 rings (SSSR count). The highest BCUT2D eigenvalue weighted by atomic mass is 35.5. The predicted molar refractivity (Wildman–Crippen MR) is 65.1 cm³/mol. The van der Waals surface area contributed by atoms with Gasteiger partial charge in [0.25, 0.3) is 0 Å². The Kier molecular flexibility index (Phi) is 4.86. The lowest BCUT2D eigenvalue weighted by Crippen LogP contribution is -2.19. The van der Waals surface area contributed by atoms with Gasteiger partial charge in [-0.2, -0.15) is 0 Å². The second kappa shape index (κ2) is 5.69. The summed E-state index contributed by atoms with van der Waals surface area (Å²) < 4.78 is 0. The van der Waals surface area contributed by atoms with Gasteiger partial charge in [0.15, 0.2) is 0 Å². The summed E-state index contributed by atoms with van der Waals surface area (Å²) in [5, 5.41) is 1.19. The van der Waals surface area contributed by atoms with Crippen LogP contribution in [0.25, 0.3) is 0 Å². The van der Waals surface area contributed by atoms with Crippen LogP contribution in [-0.4, -0.2) is 19.5 Å². The number of alkyl halides is 1. The molecule has 1 aromatic carbocycles. The van der Waals surface area contributed by atoms with Gasteiger partial charge >= 0.3 is 0 Å². The SMILES string of the molecule is CN(CCCCl)c1cccc(Cl)c1Cl. The van der Waals surface area contributed by atoms with E-state index >= 15 is 0 Å². The van der Waals surface area contributed by atoms with E-state index in [1.165, 1.54) is 0 Å². The van der Waals surface area contributed by atoms with Crippen LogP contribution < -0.4 is 4.90 Å². The maximum absolute atomic E-state index is 6.06. The number of rotatable bonds is 4. The van der Waals surface area contributed by atoms with E-state index in [1.807, 2.05) is 19.2 Å². The summed E-state index contributed by atoms with van der Waals surface area (Å²) >= 11 is 17.6.